The molecular formula is C12H9BrClFN2O2S. The van der Waals surface area contributed by atoms with Crippen LogP contribution < -0.4 is 10.5 Å². The number of halogens is 3. The van der Waals surface area contributed by atoms with Crippen LogP contribution in [0.3, 0.4) is 0 Å². The second kappa shape index (κ2) is 5.59. The summed E-state index contributed by atoms with van der Waals surface area (Å²) in [6, 6.07) is 7.67. The Bertz CT molecular complexity index is 768. The van der Waals surface area contributed by atoms with E-state index in [1.54, 1.807) is 6.07 Å². The van der Waals surface area contributed by atoms with Crippen molar-refractivity contribution in [2.24, 2.45) is 0 Å². The van der Waals surface area contributed by atoms with Gasteiger partial charge in [0.25, 0.3) is 10.0 Å². The summed E-state index contributed by atoms with van der Waals surface area (Å²) < 4.78 is 40.2. The zero-order valence-electron chi connectivity index (χ0n) is 9.90. The third-order valence-electron chi connectivity index (χ3n) is 2.43. The second-order valence-corrected chi connectivity index (χ2v) is 6.83. The lowest BCUT2D eigenvalue weighted by Gasteiger charge is -2.10. The first-order valence-electron chi connectivity index (χ1n) is 5.32. The normalized spacial score (nSPS) is 11.3. The highest BCUT2D eigenvalue weighted by molar-refractivity contribution is 9.10. The lowest BCUT2D eigenvalue weighted by Crippen LogP contribution is -2.15. The standard InChI is InChI=1S/C12H9BrClFN2O2S/c13-9-3-2-8(6-10(9)14)17-20(18,19)12-4-1-7(15)5-11(12)16/h1-6,17H,16H2. The molecule has 2 rings (SSSR count). The van der Waals surface area contributed by atoms with Crippen LogP contribution in [0.4, 0.5) is 15.8 Å². The molecule has 0 aromatic heterocycles. The molecule has 0 unspecified atom stereocenters. The van der Waals surface area contributed by atoms with Gasteiger partial charge in [0.15, 0.2) is 0 Å². The lowest BCUT2D eigenvalue weighted by molar-refractivity contribution is 0.600. The molecule has 0 radical (unpaired) electrons. The maximum Gasteiger partial charge on any atom is 0.263 e. The predicted molar refractivity (Wildman–Crippen MR) is 80.8 cm³/mol. The van der Waals surface area contributed by atoms with Gasteiger partial charge in [0.1, 0.15) is 10.7 Å². The smallest absolute Gasteiger partial charge is 0.263 e. The molecule has 0 saturated carbocycles. The number of nitrogen functional groups attached to an aromatic ring is 1. The molecule has 0 aliphatic heterocycles. The van der Waals surface area contributed by atoms with Crippen LogP contribution in [-0.2, 0) is 10.0 Å². The minimum absolute atomic E-state index is 0.166. The summed E-state index contributed by atoms with van der Waals surface area (Å²) in [5.74, 6) is -0.604. The van der Waals surface area contributed by atoms with Crippen LogP contribution in [0.2, 0.25) is 5.02 Å². The fraction of sp³-hybridized carbons (Fsp3) is 0. The van der Waals surface area contributed by atoms with Gasteiger partial charge >= 0.3 is 0 Å². The van der Waals surface area contributed by atoms with E-state index in [1.165, 1.54) is 12.1 Å². The Morgan fingerprint density at radius 2 is 1.90 bits per heavy atom. The molecule has 0 aliphatic rings. The molecule has 2 aromatic carbocycles. The number of rotatable bonds is 3. The van der Waals surface area contributed by atoms with Crippen molar-refractivity contribution < 1.29 is 12.8 Å². The van der Waals surface area contributed by atoms with E-state index in [0.717, 1.165) is 18.2 Å². The minimum atomic E-state index is -3.91. The summed E-state index contributed by atoms with van der Waals surface area (Å²) in [4.78, 5) is -0.196. The third kappa shape index (κ3) is 3.23. The molecule has 0 fully saturated rings. The number of hydrogen-bond donors (Lipinski definition) is 2. The van der Waals surface area contributed by atoms with E-state index in [4.69, 9.17) is 17.3 Å². The van der Waals surface area contributed by atoms with Gasteiger partial charge < -0.3 is 5.73 Å². The average molecular weight is 380 g/mol. The van der Waals surface area contributed by atoms with Gasteiger partial charge in [-0.25, -0.2) is 12.8 Å². The van der Waals surface area contributed by atoms with Crippen molar-refractivity contribution in [3.8, 4) is 0 Å². The zero-order valence-corrected chi connectivity index (χ0v) is 13.1. The third-order valence-corrected chi connectivity index (χ3v) is 5.12. The summed E-state index contributed by atoms with van der Waals surface area (Å²) in [5.41, 5.74) is 5.64. The summed E-state index contributed by atoms with van der Waals surface area (Å²) in [5, 5.41) is 0.359. The summed E-state index contributed by atoms with van der Waals surface area (Å²) in [6.07, 6.45) is 0. The van der Waals surface area contributed by atoms with Crippen molar-refractivity contribution in [3.63, 3.8) is 0 Å². The van der Waals surface area contributed by atoms with Crippen LogP contribution in [0, 0.1) is 5.82 Å². The van der Waals surface area contributed by atoms with Gasteiger partial charge in [-0.15, -0.1) is 0 Å². The Morgan fingerprint density at radius 3 is 2.50 bits per heavy atom. The molecule has 0 heterocycles. The van der Waals surface area contributed by atoms with E-state index in [-0.39, 0.29) is 16.3 Å². The molecule has 0 saturated heterocycles. The maximum atomic E-state index is 12.9. The highest BCUT2D eigenvalue weighted by atomic mass is 79.9. The van der Waals surface area contributed by atoms with Crippen LogP contribution in [0.15, 0.2) is 45.8 Å². The van der Waals surface area contributed by atoms with Crippen molar-refractivity contribution in [3.05, 3.63) is 51.7 Å². The number of nitrogens with one attached hydrogen (secondary N) is 1. The Kier molecular flexibility index (Phi) is 4.22. The van der Waals surface area contributed by atoms with Crippen LogP contribution in [0.25, 0.3) is 0 Å². The summed E-state index contributed by atoms with van der Waals surface area (Å²) in [7, 11) is -3.91. The predicted octanol–water partition coefficient (Wildman–Crippen LogP) is 3.62. The highest BCUT2D eigenvalue weighted by Gasteiger charge is 2.18. The topological polar surface area (TPSA) is 72.2 Å². The molecular weight excluding hydrogens is 371 g/mol. The van der Waals surface area contributed by atoms with Crippen LogP contribution in [-0.4, -0.2) is 8.42 Å². The number of sulfonamides is 1. The molecule has 2 aromatic rings. The van der Waals surface area contributed by atoms with Gasteiger partial charge in [0.05, 0.1) is 16.4 Å². The van der Waals surface area contributed by atoms with Gasteiger partial charge in [-0.05, 0) is 52.3 Å². The number of anilines is 2. The fourth-order valence-electron chi connectivity index (χ4n) is 1.53. The van der Waals surface area contributed by atoms with Crippen molar-refractivity contribution in [2.75, 3.05) is 10.5 Å². The van der Waals surface area contributed by atoms with Gasteiger partial charge in [-0.3, -0.25) is 4.72 Å². The molecule has 20 heavy (non-hydrogen) atoms. The molecule has 0 bridgehead atoms. The van der Waals surface area contributed by atoms with Crippen LogP contribution in [0.5, 0.6) is 0 Å². The number of hydrogen-bond acceptors (Lipinski definition) is 3. The van der Waals surface area contributed by atoms with E-state index in [9.17, 15) is 12.8 Å². The number of nitrogens with two attached hydrogens (primary N) is 1. The highest BCUT2D eigenvalue weighted by Crippen LogP contribution is 2.28. The van der Waals surface area contributed by atoms with E-state index in [1.807, 2.05) is 0 Å². The first kappa shape index (κ1) is 15.1. The molecule has 4 nitrogen and oxygen atoms in total. The quantitative estimate of drug-likeness (QED) is 0.800. The molecule has 0 spiro atoms. The van der Waals surface area contributed by atoms with Crippen LogP contribution in [0.1, 0.15) is 0 Å². The summed E-state index contributed by atoms with van der Waals surface area (Å²) >= 11 is 9.09. The Balaban J connectivity index is 2.38. The molecule has 3 N–H and O–H groups in total. The lowest BCUT2D eigenvalue weighted by atomic mass is 10.3. The molecule has 0 atom stereocenters. The van der Waals surface area contributed by atoms with Gasteiger partial charge in [-0.1, -0.05) is 11.6 Å². The number of benzene rings is 2. The van der Waals surface area contributed by atoms with Gasteiger partial charge in [-0.2, -0.15) is 0 Å². The largest absolute Gasteiger partial charge is 0.398 e. The molecule has 0 aliphatic carbocycles. The minimum Gasteiger partial charge on any atom is -0.398 e. The van der Waals surface area contributed by atoms with E-state index >= 15 is 0 Å². The molecule has 8 heteroatoms. The van der Waals surface area contributed by atoms with Gasteiger partial charge in [0, 0.05) is 4.47 Å². The fourth-order valence-corrected chi connectivity index (χ4v) is 3.12. The van der Waals surface area contributed by atoms with Crippen molar-refractivity contribution in [1.29, 1.82) is 0 Å². The first-order chi connectivity index (χ1) is 9.29. The second-order valence-electron chi connectivity index (χ2n) is 3.92. The van der Waals surface area contributed by atoms with E-state index in [2.05, 4.69) is 20.7 Å². The zero-order chi connectivity index (χ0) is 14.9. The van der Waals surface area contributed by atoms with E-state index < -0.39 is 15.8 Å². The van der Waals surface area contributed by atoms with Crippen molar-refractivity contribution in [2.45, 2.75) is 4.90 Å². The van der Waals surface area contributed by atoms with Crippen molar-refractivity contribution in [1.82, 2.24) is 0 Å². The monoisotopic (exact) mass is 378 g/mol. The first-order valence-corrected chi connectivity index (χ1v) is 7.98. The Morgan fingerprint density at radius 1 is 1.20 bits per heavy atom. The van der Waals surface area contributed by atoms with E-state index in [0.29, 0.717) is 9.50 Å². The Labute approximate surface area is 128 Å². The van der Waals surface area contributed by atoms with Gasteiger partial charge in [0.2, 0.25) is 0 Å². The van der Waals surface area contributed by atoms with Crippen LogP contribution >= 0.6 is 27.5 Å². The summed E-state index contributed by atoms with van der Waals surface area (Å²) in [6.45, 7) is 0. The Hall–Kier alpha value is -1.31. The molecule has 106 valence electrons. The van der Waals surface area contributed by atoms with Crippen molar-refractivity contribution >= 4 is 48.9 Å². The average Bonchev–Trinajstić information content (AvgIpc) is 2.33. The maximum absolute atomic E-state index is 12.9. The molecule has 0 amide bonds. The SMILES string of the molecule is Nc1cc(F)ccc1S(=O)(=O)Nc1ccc(Br)c(Cl)c1.